The van der Waals surface area contributed by atoms with Gasteiger partial charge < -0.3 is 15.6 Å². The van der Waals surface area contributed by atoms with Crippen LogP contribution in [0, 0.1) is 28.7 Å². The minimum Gasteiger partial charge on any atom is -0.628 e. The van der Waals surface area contributed by atoms with Gasteiger partial charge in [-0.25, -0.2) is 4.98 Å². The molecule has 0 spiro atoms. The summed E-state index contributed by atoms with van der Waals surface area (Å²) in [6.45, 7) is 1.59. The minimum absolute atomic E-state index is 0.102. The maximum absolute atomic E-state index is 10.5. The van der Waals surface area contributed by atoms with E-state index >= 15 is 0 Å². The van der Waals surface area contributed by atoms with Crippen LogP contribution in [0.25, 0.3) is 0 Å². The topological polar surface area (TPSA) is 87.2 Å². The van der Waals surface area contributed by atoms with Crippen molar-refractivity contribution in [2.24, 2.45) is 0 Å². The average Bonchev–Trinajstić information content (AvgIpc) is 2.03. The van der Waals surface area contributed by atoms with E-state index in [-0.39, 0.29) is 11.4 Å². The Morgan fingerprint density at radius 3 is 2.67 bits per heavy atom. The molecule has 0 radical (unpaired) electrons. The molecule has 62 valence electrons. The molecule has 0 aromatic carbocycles. The summed E-state index contributed by atoms with van der Waals surface area (Å²) in [7, 11) is 0. The Hall–Kier alpha value is -1.48. The van der Waals surface area contributed by atoms with Crippen LogP contribution in [-0.2, 0) is 0 Å². The molecule has 0 saturated carbocycles. The third kappa shape index (κ3) is 1.40. The monoisotopic (exact) mass is 164 g/mol. The largest absolute Gasteiger partial charge is 0.628 e. The van der Waals surface area contributed by atoms with Crippen molar-refractivity contribution in [1.29, 1.82) is 5.26 Å². The molecule has 0 amide bonds. The van der Waals surface area contributed by atoms with E-state index < -0.39 is 5.23 Å². The lowest BCUT2D eigenvalue weighted by Crippen LogP contribution is -2.96. The van der Waals surface area contributed by atoms with E-state index in [1.165, 1.54) is 12.3 Å². The lowest BCUT2D eigenvalue weighted by atomic mass is 10.2. The lowest BCUT2D eigenvalue weighted by Gasteiger charge is -2.26. The second-order valence-electron chi connectivity index (χ2n) is 2.25. The van der Waals surface area contributed by atoms with Gasteiger partial charge in [0.15, 0.2) is 5.69 Å². The van der Waals surface area contributed by atoms with Crippen LogP contribution in [0.4, 0.5) is 5.69 Å². The predicted molar refractivity (Wildman–Crippen MR) is 41.0 cm³/mol. The zero-order valence-corrected chi connectivity index (χ0v) is 6.37. The average molecular weight is 164 g/mol. The molecule has 12 heavy (non-hydrogen) atoms. The number of pyridine rings is 1. The molecule has 0 aliphatic rings. The fraction of sp³-hybridized carbons (Fsp3) is 0.143. The second kappa shape index (κ2) is 3.28. The standard InChI is InChI=1S/C7H6N3O2/c1-5-2-3-9-6(4-8)7(5)10(11)12/h2-3,10H,1H3/q-1. The fourth-order valence-corrected chi connectivity index (χ4v) is 0.901. The number of aromatic nitrogens is 1. The number of nitriles is 1. The molecule has 1 aromatic heterocycles. The van der Waals surface area contributed by atoms with Crippen LogP contribution >= 0.6 is 0 Å². The highest BCUT2D eigenvalue weighted by Crippen LogP contribution is 2.11. The zero-order valence-electron chi connectivity index (χ0n) is 6.37. The van der Waals surface area contributed by atoms with Gasteiger partial charge in [0.2, 0.25) is 5.69 Å². The summed E-state index contributed by atoms with van der Waals surface area (Å²) in [5.41, 5.74) is 0.261. The maximum atomic E-state index is 10.5. The summed E-state index contributed by atoms with van der Waals surface area (Å²) >= 11 is 0. The summed E-state index contributed by atoms with van der Waals surface area (Å²) in [6, 6.07) is 3.21. The Kier molecular flexibility index (Phi) is 2.35. The van der Waals surface area contributed by atoms with Gasteiger partial charge in [0.1, 0.15) is 6.07 Å². The first-order valence-electron chi connectivity index (χ1n) is 3.24. The van der Waals surface area contributed by atoms with Crippen LogP contribution in [0.15, 0.2) is 12.3 Å². The van der Waals surface area contributed by atoms with Gasteiger partial charge in [0.05, 0.1) is 0 Å². The SMILES string of the molecule is Cc1ccnc(C#N)c1[NH+]([O-])[O-]. The molecule has 0 bridgehead atoms. The molecule has 1 heterocycles. The fourth-order valence-electron chi connectivity index (χ4n) is 0.901. The highest BCUT2D eigenvalue weighted by Gasteiger charge is 2.08. The van der Waals surface area contributed by atoms with E-state index in [0.717, 1.165) is 0 Å². The molecular weight excluding hydrogens is 158 g/mol. The van der Waals surface area contributed by atoms with Crippen molar-refractivity contribution in [1.82, 2.24) is 4.98 Å². The van der Waals surface area contributed by atoms with Crippen LogP contribution in [0.5, 0.6) is 0 Å². The molecule has 0 unspecified atom stereocenters. The van der Waals surface area contributed by atoms with Crippen molar-refractivity contribution in [2.75, 3.05) is 0 Å². The van der Waals surface area contributed by atoms with Crippen molar-refractivity contribution in [3.8, 4) is 6.07 Å². The van der Waals surface area contributed by atoms with E-state index in [2.05, 4.69) is 4.98 Å². The van der Waals surface area contributed by atoms with Crippen LogP contribution in [0.3, 0.4) is 0 Å². The van der Waals surface area contributed by atoms with Crippen molar-refractivity contribution >= 4 is 5.69 Å². The highest BCUT2D eigenvalue weighted by molar-refractivity contribution is 5.48. The van der Waals surface area contributed by atoms with Crippen LogP contribution in [-0.4, -0.2) is 4.98 Å². The molecule has 0 atom stereocenters. The van der Waals surface area contributed by atoms with Gasteiger partial charge in [-0.3, -0.25) is 0 Å². The summed E-state index contributed by atoms with van der Waals surface area (Å²) in [4.78, 5) is 3.60. The van der Waals surface area contributed by atoms with Gasteiger partial charge in [-0.2, -0.15) is 5.26 Å². The first kappa shape index (κ1) is 8.62. The van der Waals surface area contributed by atoms with Crippen molar-refractivity contribution in [3.63, 3.8) is 0 Å². The van der Waals surface area contributed by atoms with Gasteiger partial charge >= 0.3 is 0 Å². The van der Waals surface area contributed by atoms with Crippen LogP contribution < -0.4 is 5.23 Å². The van der Waals surface area contributed by atoms with E-state index in [9.17, 15) is 10.4 Å². The number of aryl methyl sites for hydroxylation is 1. The van der Waals surface area contributed by atoms with Gasteiger partial charge in [0.25, 0.3) is 0 Å². The van der Waals surface area contributed by atoms with Gasteiger partial charge in [0, 0.05) is 11.8 Å². The van der Waals surface area contributed by atoms with E-state index in [0.29, 0.717) is 5.56 Å². The smallest absolute Gasteiger partial charge is 0.202 e. The number of nitrogens with zero attached hydrogens (tertiary/aromatic N) is 2. The molecule has 0 saturated heterocycles. The Labute approximate surface area is 69.0 Å². The second-order valence-corrected chi connectivity index (χ2v) is 2.25. The van der Waals surface area contributed by atoms with E-state index in [4.69, 9.17) is 5.26 Å². The minimum atomic E-state index is -1.36. The lowest BCUT2D eigenvalue weighted by molar-refractivity contribution is -0.715. The molecule has 0 fully saturated rings. The first-order chi connectivity index (χ1) is 5.66. The number of nitrogens with one attached hydrogen (secondary N) is 1. The Bertz CT molecular complexity index is 330. The van der Waals surface area contributed by atoms with Crippen molar-refractivity contribution in [2.45, 2.75) is 6.92 Å². The summed E-state index contributed by atoms with van der Waals surface area (Å²) in [6.07, 6.45) is 1.39. The highest BCUT2D eigenvalue weighted by atomic mass is 16.8. The molecule has 5 heteroatoms. The molecule has 0 aliphatic heterocycles. The van der Waals surface area contributed by atoms with E-state index in [1.54, 1.807) is 13.0 Å². The van der Waals surface area contributed by atoms with Gasteiger partial charge in [-0.05, 0) is 13.0 Å². The Morgan fingerprint density at radius 1 is 1.58 bits per heavy atom. The quantitative estimate of drug-likeness (QED) is 0.581. The summed E-state index contributed by atoms with van der Waals surface area (Å²) in [5, 5.41) is 28.1. The molecule has 1 rings (SSSR count). The Morgan fingerprint density at radius 2 is 2.25 bits per heavy atom. The zero-order chi connectivity index (χ0) is 9.14. The molecular formula is C7H6N3O2-. The first-order valence-corrected chi connectivity index (χ1v) is 3.24. The predicted octanol–water partition coefficient (Wildman–Crippen LogP) is -0.226. The Balaban J connectivity index is 3.32. The molecule has 1 aromatic rings. The van der Waals surface area contributed by atoms with Crippen molar-refractivity contribution in [3.05, 3.63) is 33.9 Å². The summed E-state index contributed by atoms with van der Waals surface area (Å²) < 4.78 is 0. The van der Waals surface area contributed by atoms with Crippen molar-refractivity contribution < 1.29 is 5.23 Å². The number of hydrogen-bond donors (Lipinski definition) is 1. The molecule has 1 N–H and O–H groups in total. The normalized spacial score (nSPS) is 9.92. The van der Waals surface area contributed by atoms with Gasteiger partial charge in [-0.1, -0.05) is 0 Å². The number of rotatable bonds is 1. The number of quaternary nitrogens is 1. The molecule has 5 nitrogen and oxygen atoms in total. The third-order valence-corrected chi connectivity index (χ3v) is 1.47. The maximum Gasteiger partial charge on any atom is 0.202 e. The summed E-state index contributed by atoms with van der Waals surface area (Å²) in [5.74, 6) is 0. The third-order valence-electron chi connectivity index (χ3n) is 1.47. The van der Waals surface area contributed by atoms with Crippen LogP contribution in [0.1, 0.15) is 11.3 Å². The molecule has 0 aliphatic carbocycles. The van der Waals surface area contributed by atoms with Gasteiger partial charge in [-0.15, -0.1) is 0 Å². The number of hydrogen-bond acceptors (Lipinski definition) is 4. The van der Waals surface area contributed by atoms with E-state index in [1.807, 2.05) is 0 Å². The van der Waals surface area contributed by atoms with Crippen LogP contribution in [0.2, 0.25) is 0 Å².